The van der Waals surface area contributed by atoms with Crippen LogP contribution >= 0.6 is 0 Å². The van der Waals surface area contributed by atoms with Crippen LogP contribution in [0.1, 0.15) is 26.4 Å². The van der Waals surface area contributed by atoms with E-state index < -0.39 is 0 Å². The van der Waals surface area contributed by atoms with Gasteiger partial charge in [0.2, 0.25) is 0 Å². The molecule has 4 rings (SSSR count). The first kappa shape index (κ1) is 18.5. The second-order valence-electron chi connectivity index (χ2n) is 6.51. The van der Waals surface area contributed by atoms with Crippen LogP contribution in [0.15, 0.2) is 60.8 Å². The quantitative estimate of drug-likeness (QED) is 0.711. The third-order valence-electron chi connectivity index (χ3n) is 4.45. The largest absolute Gasteiger partial charge is 0.486 e. The van der Waals surface area contributed by atoms with Gasteiger partial charge in [-0.1, -0.05) is 18.2 Å². The van der Waals surface area contributed by atoms with Gasteiger partial charge >= 0.3 is 0 Å². The molecule has 2 amide bonds. The predicted octanol–water partition coefficient (Wildman–Crippen LogP) is 3.67. The van der Waals surface area contributed by atoms with Crippen LogP contribution in [-0.4, -0.2) is 30.0 Å². The van der Waals surface area contributed by atoms with Crippen molar-refractivity contribution < 1.29 is 19.1 Å². The summed E-state index contributed by atoms with van der Waals surface area (Å²) in [6.45, 7) is 2.87. The van der Waals surface area contributed by atoms with Crippen LogP contribution in [0.25, 0.3) is 0 Å². The molecule has 0 unspecified atom stereocenters. The van der Waals surface area contributed by atoms with Crippen LogP contribution in [0.2, 0.25) is 0 Å². The maximum absolute atomic E-state index is 12.6. The highest BCUT2D eigenvalue weighted by Gasteiger charge is 2.15. The molecule has 3 aromatic rings. The number of nitrogens with zero attached hydrogens (tertiary/aromatic N) is 1. The van der Waals surface area contributed by atoms with Crippen LogP contribution in [-0.2, 0) is 0 Å². The lowest BCUT2D eigenvalue weighted by atomic mass is 10.1. The molecule has 0 spiro atoms. The Labute approximate surface area is 167 Å². The molecule has 0 aliphatic carbocycles. The van der Waals surface area contributed by atoms with Crippen LogP contribution in [0, 0.1) is 6.92 Å². The minimum atomic E-state index is -0.381. The third kappa shape index (κ3) is 4.19. The predicted molar refractivity (Wildman–Crippen MR) is 109 cm³/mol. The van der Waals surface area contributed by atoms with Crippen molar-refractivity contribution in [2.75, 3.05) is 23.8 Å². The van der Waals surface area contributed by atoms with Crippen molar-refractivity contribution in [3.05, 3.63) is 77.6 Å². The number of ether oxygens (including phenoxy) is 2. The van der Waals surface area contributed by atoms with E-state index in [2.05, 4.69) is 15.6 Å². The van der Waals surface area contributed by atoms with Crippen LogP contribution < -0.4 is 20.1 Å². The van der Waals surface area contributed by atoms with Crippen molar-refractivity contribution in [2.45, 2.75) is 6.92 Å². The SMILES string of the molecule is Cc1ccccc1NC(=O)c1cc(C(=O)Nc2ccc3c(c2)OCCO3)ccn1. The number of aryl methyl sites for hydroxylation is 1. The molecule has 0 fully saturated rings. The molecule has 1 aliphatic rings. The number of pyridine rings is 1. The minimum Gasteiger partial charge on any atom is -0.486 e. The topological polar surface area (TPSA) is 89.6 Å². The van der Waals surface area contributed by atoms with Gasteiger partial charge in [-0.25, -0.2) is 0 Å². The second-order valence-corrected chi connectivity index (χ2v) is 6.51. The summed E-state index contributed by atoms with van der Waals surface area (Å²) in [5.41, 5.74) is 2.69. The first-order valence-corrected chi connectivity index (χ1v) is 9.14. The van der Waals surface area contributed by atoms with Crippen molar-refractivity contribution in [2.24, 2.45) is 0 Å². The van der Waals surface area contributed by atoms with Gasteiger partial charge in [-0.3, -0.25) is 14.6 Å². The summed E-state index contributed by atoms with van der Waals surface area (Å²) in [7, 11) is 0. The van der Waals surface area contributed by atoms with Crippen molar-refractivity contribution >= 4 is 23.2 Å². The highest BCUT2D eigenvalue weighted by Crippen LogP contribution is 2.32. The van der Waals surface area contributed by atoms with E-state index >= 15 is 0 Å². The fourth-order valence-corrected chi connectivity index (χ4v) is 2.92. The molecule has 0 atom stereocenters. The zero-order valence-corrected chi connectivity index (χ0v) is 15.8. The van der Waals surface area contributed by atoms with Crippen LogP contribution in [0.3, 0.4) is 0 Å². The lowest BCUT2D eigenvalue weighted by molar-refractivity contribution is 0.102. The van der Waals surface area contributed by atoms with Crippen molar-refractivity contribution in [1.29, 1.82) is 0 Å². The number of anilines is 2. The van der Waals surface area contributed by atoms with Crippen LogP contribution in [0.4, 0.5) is 11.4 Å². The van der Waals surface area contributed by atoms with E-state index in [0.717, 1.165) is 5.56 Å². The molecule has 1 aliphatic heterocycles. The molecule has 7 heteroatoms. The van der Waals surface area contributed by atoms with Gasteiger partial charge in [0.15, 0.2) is 11.5 Å². The van der Waals surface area contributed by atoms with E-state index in [4.69, 9.17) is 9.47 Å². The summed E-state index contributed by atoms with van der Waals surface area (Å²) < 4.78 is 11.0. The molecular weight excluding hydrogens is 370 g/mol. The Bertz CT molecular complexity index is 1080. The number of carbonyl (C=O) groups is 2. The van der Waals surface area contributed by atoms with Gasteiger partial charge in [0.25, 0.3) is 11.8 Å². The highest BCUT2D eigenvalue weighted by molar-refractivity contribution is 6.08. The summed E-state index contributed by atoms with van der Waals surface area (Å²) in [5, 5.41) is 5.61. The molecule has 146 valence electrons. The Morgan fingerprint density at radius 3 is 2.52 bits per heavy atom. The number of amides is 2. The number of rotatable bonds is 4. The maximum atomic E-state index is 12.6. The Morgan fingerprint density at radius 2 is 1.69 bits per heavy atom. The van der Waals surface area contributed by atoms with E-state index in [0.29, 0.717) is 41.7 Å². The van der Waals surface area contributed by atoms with Gasteiger partial charge in [-0.05, 0) is 42.8 Å². The zero-order valence-electron chi connectivity index (χ0n) is 15.8. The van der Waals surface area contributed by atoms with Crippen molar-refractivity contribution in [3.8, 4) is 11.5 Å². The van der Waals surface area contributed by atoms with Gasteiger partial charge in [0.1, 0.15) is 18.9 Å². The van der Waals surface area contributed by atoms with Crippen molar-refractivity contribution in [3.63, 3.8) is 0 Å². The second kappa shape index (κ2) is 8.02. The summed E-state index contributed by atoms with van der Waals surface area (Å²) >= 11 is 0. The van der Waals surface area contributed by atoms with Gasteiger partial charge in [0.05, 0.1) is 0 Å². The summed E-state index contributed by atoms with van der Waals surface area (Å²) in [5.74, 6) is 0.498. The first-order valence-electron chi connectivity index (χ1n) is 9.14. The summed E-state index contributed by atoms with van der Waals surface area (Å²) in [6, 6.07) is 15.7. The van der Waals surface area contributed by atoms with E-state index in [1.807, 2.05) is 31.2 Å². The monoisotopic (exact) mass is 389 g/mol. The molecule has 2 N–H and O–H groups in total. The molecule has 7 nitrogen and oxygen atoms in total. The Morgan fingerprint density at radius 1 is 0.897 bits per heavy atom. The number of benzene rings is 2. The number of hydrogen-bond donors (Lipinski definition) is 2. The zero-order chi connectivity index (χ0) is 20.2. The molecule has 0 saturated carbocycles. The summed E-state index contributed by atoms with van der Waals surface area (Å²) in [6.07, 6.45) is 1.44. The highest BCUT2D eigenvalue weighted by atomic mass is 16.6. The lowest BCUT2D eigenvalue weighted by Gasteiger charge is -2.19. The number of carbonyl (C=O) groups excluding carboxylic acids is 2. The van der Waals surface area contributed by atoms with Gasteiger partial charge in [-0.2, -0.15) is 0 Å². The summed E-state index contributed by atoms with van der Waals surface area (Å²) in [4.78, 5) is 29.2. The normalized spacial score (nSPS) is 12.2. The molecule has 0 radical (unpaired) electrons. The molecule has 0 saturated heterocycles. The molecular formula is C22H19N3O4. The van der Waals surface area contributed by atoms with Gasteiger partial charge in [-0.15, -0.1) is 0 Å². The number of aromatic nitrogens is 1. The average molecular weight is 389 g/mol. The molecule has 0 bridgehead atoms. The smallest absolute Gasteiger partial charge is 0.274 e. The van der Waals surface area contributed by atoms with E-state index in [-0.39, 0.29) is 17.5 Å². The number of fused-ring (bicyclic) bond motifs is 1. The number of hydrogen-bond acceptors (Lipinski definition) is 5. The fraction of sp³-hybridized carbons (Fsp3) is 0.136. The number of nitrogens with one attached hydrogen (secondary N) is 2. The van der Waals surface area contributed by atoms with E-state index in [1.165, 1.54) is 12.3 Å². The third-order valence-corrected chi connectivity index (χ3v) is 4.45. The fourth-order valence-electron chi connectivity index (χ4n) is 2.92. The van der Waals surface area contributed by atoms with E-state index in [1.54, 1.807) is 24.3 Å². The Hall–Kier alpha value is -3.87. The van der Waals surface area contributed by atoms with Crippen LogP contribution in [0.5, 0.6) is 11.5 Å². The van der Waals surface area contributed by atoms with Gasteiger partial charge < -0.3 is 20.1 Å². The molecule has 29 heavy (non-hydrogen) atoms. The minimum absolute atomic E-state index is 0.156. The Balaban J connectivity index is 1.48. The molecule has 2 heterocycles. The average Bonchev–Trinajstić information content (AvgIpc) is 2.75. The maximum Gasteiger partial charge on any atom is 0.274 e. The van der Waals surface area contributed by atoms with Gasteiger partial charge in [0, 0.05) is 29.2 Å². The van der Waals surface area contributed by atoms with Crippen molar-refractivity contribution in [1.82, 2.24) is 4.98 Å². The standard InChI is InChI=1S/C22H19N3O4/c1-14-4-2-3-5-17(14)25-22(27)18-12-15(8-9-23-18)21(26)24-16-6-7-19-20(13-16)29-11-10-28-19/h2-9,12-13H,10-11H2,1H3,(H,24,26)(H,25,27). The molecule has 2 aromatic carbocycles. The Kier molecular flexibility index (Phi) is 5.11. The lowest BCUT2D eigenvalue weighted by Crippen LogP contribution is -2.18. The molecule has 1 aromatic heterocycles. The first-order chi connectivity index (χ1) is 14.1. The number of para-hydroxylation sites is 1. The van der Waals surface area contributed by atoms with E-state index in [9.17, 15) is 9.59 Å².